The number of amides is 1. The summed E-state index contributed by atoms with van der Waals surface area (Å²) < 4.78 is 24.9. The van der Waals surface area contributed by atoms with Crippen LogP contribution in [0, 0.1) is 0 Å². The van der Waals surface area contributed by atoms with E-state index in [0.29, 0.717) is 16.3 Å². The van der Waals surface area contributed by atoms with Gasteiger partial charge in [-0.2, -0.15) is 0 Å². The van der Waals surface area contributed by atoms with Crippen molar-refractivity contribution >= 4 is 27.3 Å². The van der Waals surface area contributed by atoms with Crippen molar-refractivity contribution < 1.29 is 13.2 Å². The van der Waals surface area contributed by atoms with Gasteiger partial charge in [-0.25, -0.2) is 8.42 Å². The molecular weight excluding hydrogens is 458 g/mol. The molecule has 0 aliphatic carbocycles. The Morgan fingerprint density at radius 1 is 0.909 bits per heavy atom. The SMILES string of the molecule is O=C(NCCS(=O)(=O)c1ccccc1)c1cnc(-c2ccc(Cl)cc2)c(-c2ccncc2)c1. The number of carbonyl (C=O) groups excluding carboxylic acids is 1. The highest BCUT2D eigenvalue weighted by Crippen LogP contribution is 2.31. The highest BCUT2D eigenvalue weighted by atomic mass is 35.5. The van der Waals surface area contributed by atoms with Crippen LogP contribution in [0.25, 0.3) is 22.4 Å². The van der Waals surface area contributed by atoms with E-state index in [-0.39, 0.29) is 17.2 Å². The molecule has 1 amide bonds. The maximum Gasteiger partial charge on any atom is 0.252 e. The first-order valence-corrected chi connectivity index (χ1v) is 12.2. The number of nitrogens with zero attached hydrogens (tertiary/aromatic N) is 2. The first-order valence-electron chi connectivity index (χ1n) is 10.2. The van der Waals surface area contributed by atoms with Crippen LogP contribution in [0.2, 0.25) is 5.02 Å². The number of pyridine rings is 2. The highest BCUT2D eigenvalue weighted by molar-refractivity contribution is 7.91. The topological polar surface area (TPSA) is 89.0 Å². The predicted octanol–water partition coefficient (Wildman–Crippen LogP) is 4.67. The van der Waals surface area contributed by atoms with Gasteiger partial charge >= 0.3 is 0 Å². The number of halogens is 1. The monoisotopic (exact) mass is 477 g/mol. The Labute approximate surface area is 197 Å². The van der Waals surface area contributed by atoms with Crippen LogP contribution >= 0.6 is 11.6 Å². The first kappa shape index (κ1) is 22.6. The molecule has 0 aliphatic rings. The van der Waals surface area contributed by atoms with Crippen LogP contribution in [0.3, 0.4) is 0 Å². The number of hydrogen-bond donors (Lipinski definition) is 1. The van der Waals surface area contributed by atoms with Crippen LogP contribution in [-0.2, 0) is 9.84 Å². The molecule has 0 aliphatic heterocycles. The van der Waals surface area contributed by atoms with E-state index in [2.05, 4.69) is 15.3 Å². The molecule has 8 heteroatoms. The van der Waals surface area contributed by atoms with Gasteiger partial charge in [0.2, 0.25) is 0 Å². The summed E-state index contributed by atoms with van der Waals surface area (Å²) in [6.45, 7) is -0.0143. The lowest BCUT2D eigenvalue weighted by molar-refractivity contribution is 0.0956. The van der Waals surface area contributed by atoms with Gasteiger partial charge in [-0.3, -0.25) is 14.8 Å². The summed E-state index contributed by atoms with van der Waals surface area (Å²) in [4.78, 5) is 21.6. The van der Waals surface area contributed by atoms with Gasteiger partial charge in [-0.15, -0.1) is 0 Å². The molecule has 2 aromatic heterocycles. The summed E-state index contributed by atoms with van der Waals surface area (Å²) in [6.07, 6.45) is 4.82. The molecule has 0 unspecified atom stereocenters. The number of rotatable bonds is 7. The molecule has 0 bridgehead atoms. The molecule has 33 heavy (non-hydrogen) atoms. The third kappa shape index (κ3) is 5.45. The third-order valence-electron chi connectivity index (χ3n) is 5.02. The molecule has 0 atom stereocenters. The van der Waals surface area contributed by atoms with Gasteiger partial charge in [0.05, 0.1) is 21.9 Å². The van der Waals surface area contributed by atoms with Crippen LogP contribution in [0.1, 0.15) is 10.4 Å². The van der Waals surface area contributed by atoms with Crippen molar-refractivity contribution in [3.63, 3.8) is 0 Å². The lowest BCUT2D eigenvalue weighted by Crippen LogP contribution is -2.29. The van der Waals surface area contributed by atoms with Crippen LogP contribution in [0.4, 0.5) is 0 Å². The molecule has 0 spiro atoms. The number of sulfone groups is 1. The van der Waals surface area contributed by atoms with E-state index in [1.165, 1.54) is 18.3 Å². The van der Waals surface area contributed by atoms with Gasteiger partial charge in [0.15, 0.2) is 9.84 Å². The lowest BCUT2D eigenvalue weighted by Gasteiger charge is -2.12. The Morgan fingerprint density at radius 2 is 1.61 bits per heavy atom. The summed E-state index contributed by atoms with van der Waals surface area (Å²) in [7, 11) is -3.48. The van der Waals surface area contributed by atoms with Crippen molar-refractivity contribution in [2.45, 2.75) is 4.90 Å². The zero-order valence-electron chi connectivity index (χ0n) is 17.5. The van der Waals surface area contributed by atoms with E-state index in [0.717, 1.165) is 16.7 Å². The van der Waals surface area contributed by atoms with Gasteiger partial charge in [0.1, 0.15) is 0 Å². The second-order valence-corrected chi connectivity index (χ2v) is 9.80. The van der Waals surface area contributed by atoms with Gasteiger partial charge < -0.3 is 5.32 Å². The minimum Gasteiger partial charge on any atom is -0.351 e. The molecule has 4 rings (SSSR count). The van der Waals surface area contributed by atoms with Crippen molar-refractivity contribution in [3.8, 4) is 22.4 Å². The molecule has 0 saturated carbocycles. The molecule has 0 saturated heterocycles. The van der Waals surface area contributed by atoms with Gasteiger partial charge in [0.25, 0.3) is 5.91 Å². The molecule has 2 heterocycles. The average Bonchev–Trinajstić information content (AvgIpc) is 2.85. The molecule has 166 valence electrons. The van der Waals surface area contributed by atoms with Crippen LogP contribution in [0.15, 0.2) is 96.3 Å². The number of hydrogen-bond acceptors (Lipinski definition) is 5. The van der Waals surface area contributed by atoms with Crippen LogP contribution in [0.5, 0.6) is 0 Å². The Hall–Kier alpha value is -3.55. The van der Waals surface area contributed by atoms with Crippen LogP contribution in [-0.4, -0.2) is 36.6 Å². The van der Waals surface area contributed by atoms with Crippen molar-refractivity contribution in [3.05, 3.63) is 102 Å². The Morgan fingerprint density at radius 3 is 2.30 bits per heavy atom. The standard InChI is InChI=1S/C25H20ClN3O3S/c26-21-8-6-19(7-9-21)24-23(18-10-12-27-13-11-18)16-20(17-29-24)25(30)28-14-15-33(31,32)22-4-2-1-3-5-22/h1-13,16-17H,14-15H2,(H,28,30). The van der Waals surface area contributed by atoms with Crippen molar-refractivity contribution in [1.82, 2.24) is 15.3 Å². The molecule has 0 fully saturated rings. The van der Waals surface area contributed by atoms with E-state index < -0.39 is 15.7 Å². The second-order valence-electron chi connectivity index (χ2n) is 7.25. The summed E-state index contributed by atoms with van der Waals surface area (Å²) in [5, 5.41) is 3.30. The smallest absolute Gasteiger partial charge is 0.252 e. The fourth-order valence-corrected chi connectivity index (χ4v) is 4.63. The molecular formula is C25H20ClN3O3S. The van der Waals surface area contributed by atoms with Crippen molar-refractivity contribution in [2.24, 2.45) is 0 Å². The number of nitrogens with one attached hydrogen (secondary N) is 1. The molecule has 0 radical (unpaired) electrons. The lowest BCUT2D eigenvalue weighted by atomic mass is 9.98. The summed E-state index contributed by atoms with van der Waals surface area (Å²) in [5.41, 5.74) is 3.48. The van der Waals surface area contributed by atoms with E-state index in [4.69, 9.17) is 11.6 Å². The number of carbonyl (C=O) groups is 1. The quantitative estimate of drug-likeness (QED) is 0.418. The van der Waals surface area contributed by atoms with Gasteiger partial charge in [-0.05, 0) is 48.0 Å². The highest BCUT2D eigenvalue weighted by Gasteiger charge is 2.17. The van der Waals surface area contributed by atoms with Crippen molar-refractivity contribution in [1.29, 1.82) is 0 Å². The fraction of sp³-hybridized carbons (Fsp3) is 0.0800. The maximum absolute atomic E-state index is 12.8. The fourth-order valence-electron chi connectivity index (χ4n) is 3.32. The van der Waals surface area contributed by atoms with Gasteiger partial charge in [0, 0.05) is 41.3 Å². The van der Waals surface area contributed by atoms with Gasteiger partial charge in [-0.1, -0.05) is 41.9 Å². The Balaban J connectivity index is 1.56. The second kappa shape index (κ2) is 9.94. The Kier molecular flexibility index (Phi) is 6.82. The van der Waals surface area contributed by atoms with Crippen molar-refractivity contribution in [2.75, 3.05) is 12.3 Å². The summed E-state index contributed by atoms with van der Waals surface area (Å²) in [5.74, 6) is -0.597. The molecule has 2 aromatic carbocycles. The molecule has 6 nitrogen and oxygen atoms in total. The Bertz CT molecular complexity index is 1360. The third-order valence-corrected chi connectivity index (χ3v) is 7.00. The molecule has 1 N–H and O–H groups in total. The normalized spacial score (nSPS) is 11.2. The zero-order chi connectivity index (χ0) is 23.3. The van der Waals surface area contributed by atoms with E-state index in [1.807, 2.05) is 24.3 Å². The summed E-state index contributed by atoms with van der Waals surface area (Å²) >= 11 is 6.02. The maximum atomic E-state index is 12.8. The minimum absolute atomic E-state index is 0.0143. The predicted molar refractivity (Wildman–Crippen MR) is 129 cm³/mol. The average molecular weight is 478 g/mol. The van der Waals surface area contributed by atoms with Crippen LogP contribution < -0.4 is 5.32 Å². The van der Waals surface area contributed by atoms with E-state index in [9.17, 15) is 13.2 Å². The zero-order valence-corrected chi connectivity index (χ0v) is 19.1. The summed E-state index contributed by atoms with van der Waals surface area (Å²) in [6, 6.07) is 20.9. The van der Waals surface area contributed by atoms with E-state index >= 15 is 0 Å². The molecule has 4 aromatic rings. The number of aromatic nitrogens is 2. The number of benzene rings is 2. The van der Waals surface area contributed by atoms with E-state index in [1.54, 1.807) is 48.8 Å². The first-order chi connectivity index (χ1) is 15.9. The minimum atomic E-state index is -3.48. The largest absolute Gasteiger partial charge is 0.351 e.